The van der Waals surface area contributed by atoms with Crippen molar-refractivity contribution in [2.45, 2.75) is 51.4 Å². The fourth-order valence-corrected chi connectivity index (χ4v) is 3.64. The van der Waals surface area contributed by atoms with Crippen LogP contribution in [-0.2, 0) is 28.6 Å². The topological polar surface area (TPSA) is 78.9 Å². The van der Waals surface area contributed by atoms with Crippen LogP contribution in [0.15, 0.2) is 36.1 Å². The largest absolute Gasteiger partial charge is 0.483 e. The lowest BCUT2D eigenvalue weighted by Crippen LogP contribution is -2.43. The molecule has 3 heterocycles. The van der Waals surface area contributed by atoms with Gasteiger partial charge in [0.05, 0.1) is 5.92 Å². The molecule has 0 spiro atoms. The summed E-state index contributed by atoms with van der Waals surface area (Å²) in [5, 5.41) is 0. The van der Waals surface area contributed by atoms with Crippen molar-refractivity contribution in [1.82, 2.24) is 0 Å². The van der Waals surface area contributed by atoms with E-state index in [1.807, 2.05) is 6.92 Å². The van der Waals surface area contributed by atoms with Crippen molar-refractivity contribution < 1.29 is 28.6 Å². The summed E-state index contributed by atoms with van der Waals surface area (Å²) in [7, 11) is 0. The number of ether oxygens (including phenoxy) is 3. The number of fused-ring (bicyclic) bond motifs is 3. The first kappa shape index (κ1) is 17.5. The van der Waals surface area contributed by atoms with Crippen LogP contribution < -0.4 is 0 Å². The van der Waals surface area contributed by atoms with Crippen molar-refractivity contribution in [3.05, 3.63) is 36.1 Å². The zero-order valence-corrected chi connectivity index (χ0v) is 14.7. The van der Waals surface area contributed by atoms with Gasteiger partial charge in [-0.1, -0.05) is 20.1 Å². The van der Waals surface area contributed by atoms with Gasteiger partial charge in [-0.2, -0.15) is 0 Å². The van der Waals surface area contributed by atoms with Gasteiger partial charge in [0.15, 0.2) is 5.60 Å². The van der Waals surface area contributed by atoms with E-state index in [-0.39, 0.29) is 29.3 Å². The Kier molecular flexibility index (Phi) is 4.09. The highest BCUT2D eigenvalue weighted by molar-refractivity contribution is 5.99. The fraction of sp³-hybridized carbons (Fsp3) is 0.526. The molecule has 0 aromatic heterocycles. The summed E-state index contributed by atoms with van der Waals surface area (Å²) in [6, 6.07) is 0. The average molecular weight is 346 g/mol. The number of carbonyl (C=O) groups is 3. The van der Waals surface area contributed by atoms with Gasteiger partial charge in [-0.25, -0.2) is 9.59 Å². The lowest BCUT2D eigenvalue weighted by molar-refractivity contribution is -0.153. The molecular weight excluding hydrogens is 324 g/mol. The van der Waals surface area contributed by atoms with Crippen LogP contribution >= 0.6 is 0 Å². The molecule has 3 rings (SSSR count). The Morgan fingerprint density at radius 3 is 2.72 bits per heavy atom. The molecule has 0 aromatic rings. The van der Waals surface area contributed by atoms with Crippen LogP contribution in [-0.4, -0.2) is 35.5 Å². The molecule has 0 N–H and O–H groups in total. The van der Waals surface area contributed by atoms with Crippen LogP contribution in [0, 0.1) is 11.8 Å². The van der Waals surface area contributed by atoms with Crippen molar-refractivity contribution in [1.29, 1.82) is 0 Å². The predicted octanol–water partition coefficient (Wildman–Crippen LogP) is 2.24. The molecule has 25 heavy (non-hydrogen) atoms. The maximum atomic E-state index is 12.5. The molecule has 0 saturated carbocycles. The van der Waals surface area contributed by atoms with Crippen molar-refractivity contribution in [3.63, 3.8) is 0 Å². The normalized spacial score (nSPS) is 37.1. The van der Waals surface area contributed by atoms with Crippen LogP contribution in [0.4, 0.5) is 0 Å². The maximum Gasteiger partial charge on any atom is 0.334 e. The van der Waals surface area contributed by atoms with E-state index in [1.54, 1.807) is 13.8 Å². The smallest absolute Gasteiger partial charge is 0.334 e. The molecule has 134 valence electrons. The molecule has 2 fully saturated rings. The van der Waals surface area contributed by atoms with E-state index >= 15 is 0 Å². The Bertz CT molecular complexity index is 717. The first-order chi connectivity index (χ1) is 11.6. The number of esters is 2. The third-order valence-electron chi connectivity index (χ3n) is 5.13. The van der Waals surface area contributed by atoms with Gasteiger partial charge >= 0.3 is 11.9 Å². The third kappa shape index (κ3) is 2.90. The summed E-state index contributed by atoms with van der Waals surface area (Å²) in [5.74, 6) is -1.27. The minimum atomic E-state index is -1.13. The minimum absolute atomic E-state index is 0.104. The highest BCUT2D eigenvalue weighted by Gasteiger charge is 2.53. The van der Waals surface area contributed by atoms with E-state index in [0.717, 1.165) is 0 Å². The van der Waals surface area contributed by atoms with Crippen LogP contribution in [0.3, 0.4) is 0 Å². The molecule has 5 atom stereocenters. The predicted molar refractivity (Wildman–Crippen MR) is 88.2 cm³/mol. The number of rotatable bonds is 2. The molecule has 6 heteroatoms. The van der Waals surface area contributed by atoms with E-state index in [0.29, 0.717) is 12.2 Å². The number of allylic oxidation sites excluding steroid dienone is 1. The van der Waals surface area contributed by atoms with Crippen LogP contribution in [0.1, 0.15) is 33.6 Å². The number of hydrogen-bond acceptors (Lipinski definition) is 6. The zero-order valence-electron chi connectivity index (χ0n) is 14.7. The van der Waals surface area contributed by atoms with E-state index in [2.05, 4.69) is 13.2 Å². The van der Waals surface area contributed by atoms with Crippen molar-refractivity contribution in [3.8, 4) is 0 Å². The van der Waals surface area contributed by atoms with Crippen LogP contribution in [0.5, 0.6) is 0 Å². The van der Waals surface area contributed by atoms with Gasteiger partial charge in [0.25, 0.3) is 0 Å². The number of ketones is 1. The molecule has 2 bridgehead atoms. The summed E-state index contributed by atoms with van der Waals surface area (Å²) in [5.41, 5.74) is -0.632. The van der Waals surface area contributed by atoms with Crippen molar-refractivity contribution in [2.24, 2.45) is 11.8 Å². The minimum Gasteiger partial charge on any atom is -0.483 e. The SMILES string of the molecule is C=C(C)C(=O)O[C@H]1C[C@@]2(C)OC(=CC2=O)[C@@H](C)C[C@H]2OC(=O)C(=C)[C@H]12. The van der Waals surface area contributed by atoms with Gasteiger partial charge in [0.1, 0.15) is 18.0 Å². The average Bonchev–Trinajstić information content (AvgIpc) is 2.96. The van der Waals surface area contributed by atoms with E-state index in [1.165, 1.54) is 6.08 Å². The van der Waals surface area contributed by atoms with Crippen LogP contribution in [0.25, 0.3) is 0 Å². The highest BCUT2D eigenvalue weighted by Crippen LogP contribution is 2.44. The quantitative estimate of drug-likeness (QED) is 0.564. The van der Waals surface area contributed by atoms with Crippen molar-refractivity contribution >= 4 is 17.7 Å². The molecule has 6 nitrogen and oxygen atoms in total. The first-order valence-electron chi connectivity index (χ1n) is 8.33. The summed E-state index contributed by atoms with van der Waals surface area (Å²) in [6.45, 7) is 12.5. The molecule has 3 aliphatic rings. The number of hydrogen-bond donors (Lipinski definition) is 0. The number of carbonyl (C=O) groups excluding carboxylic acids is 3. The molecule has 0 aromatic carbocycles. The maximum absolute atomic E-state index is 12.5. The van der Waals surface area contributed by atoms with Gasteiger partial charge in [0.2, 0.25) is 5.78 Å². The monoisotopic (exact) mass is 346 g/mol. The summed E-state index contributed by atoms with van der Waals surface area (Å²) in [4.78, 5) is 36.6. The first-order valence-corrected chi connectivity index (χ1v) is 8.33. The summed E-state index contributed by atoms with van der Waals surface area (Å²) >= 11 is 0. The molecule has 0 radical (unpaired) electrons. The molecule has 2 saturated heterocycles. The van der Waals surface area contributed by atoms with Gasteiger partial charge in [-0.05, 0) is 20.3 Å². The lowest BCUT2D eigenvalue weighted by Gasteiger charge is -2.31. The Hall–Kier alpha value is -2.37. The fourth-order valence-electron chi connectivity index (χ4n) is 3.64. The summed E-state index contributed by atoms with van der Waals surface area (Å²) in [6.07, 6.45) is 0.842. The van der Waals surface area contributed by atoms with Gasteiger partial charge in [-0.15, -0.1) is 0 Å². The second-order valence-corrected chi connectivity index (χ2v) is 7.30. The molecular formula is C19H22O6. The Labute approximate surface area is 146 Å². The van der Waals surface area contributed by atoms with E-state index < -0.39 is 35.7 Å². The Morgan fingerprint density at radius 1 is 1.40 bits per heavy atom. The van der Waals surface area contributed by atoms with E-state index in [4.69, 9.17) is 14.2 Å². The standard InChI is InChI=1S/C19H22O6/c1-9(2)17(21)24-14-8-19(5)15(20)7-12(25-19)10(3)6-13-16(14)11(4)18(22)23-13/h7,10,13-14,16H,1,4,6,8H2,2-3,5H3/t10-,13+,14-,16-,19+/m0/s1. The molecule has 0 unspecified atom stereocenters. The molecule has 0 aliphatic carbocycles. The second kappa shape index (κ2) is 5.86. The third-order valence-corrected chi connectivity index (χ3v) is 5.13. The zero-order chi connectivity index (χ0) is 18.5. The Morgan fingerprint density at radius 2 is 2.08 bits per heavy atom. The molecule has 0 amide bonds. The highest BCUT2D eigenvalue weighted by atomic mass is 16.6. The van der Waals surface area contributed by atoms with Crippen LogP contribution in [0.2, 0.25) is 0 Å². The summed E-state index contributed by atoms with van der Waals surface area (Å²) < 4.78 is 17.0. The second-order valence-electron chi connectivity index (χ2n) is 7.30. The van der Waals surface area contributed by atoms with Crippen molar-refractivity contribution in [2.75, 3.05) is 0 Å². The Balaban J connectivity index is 2.01. The van der Waals surface area contributed by atoms with E-state index in [9.17, 15) is 14.4 Å². The van der Waals surface area contributed by atoms with Gasteiger partial charge in [0, 0.05) is 29.6 Å². The van der Waals surface area contributed by atoms with Gasteiger partial charge < -0.3 is 14.2 Å². The molecule has 3 aliphatic heterocycles. The lowest BCUT2D eigenvalue weighted by atomic mass is 9.80. The van der Waals surface area contributed by atoms with Gasteiger partial charge in [-0.3, -0.25) is 4.79 Å².